The van der Waals surface area contributed by atoms with Gasteiger partial charge in [0.2, 0.25) is 5.88 Å². The molecule has 0 fully saturated rings. The molecule has 0 saturated heterocycles. The van der Waals surface area contributed by atoms with Gasteiger partial charge in [0.15, 0.2) is 8.32 Å². The number of hydrogen-bond donors (Lipinski definition) is 1. The molecule has 1 atom stereocenters. The van der Waals surface area contributed by atoms with E-state index in [2.05, 4.69) is 44.9 Å². The van der Waals surface area contributed by atoms with E-state index >= 15 is 0 Å². The maximum absolute atomic E-state index is 9.13. The van der Waals surface area contributed by atoms with Crippen LogP contribution in [0.15, 0.2) is 36.5 Å². The Kier molecular flexibility index (Phi) is 5.24. The summed E-state index contributed by atoms with van der Waals surface area (Å²) in [6.45, 7) is 11.4. The molecule has 26 heavy (non-hydrogen) atoms. The third-order valence-corrected chi connectivity index (χ3v) is 10.1. The second-order valence-electron chi connectivity index (χ2n) is 8.49. The topological polar surface area (TPSA) is 51.6 Å². The molecule has 1 aromatic carbocycles. The molecular formula is C21H29NO3Si. The van der Waals surface area contributed by atoms with Crippen LogP contribution in [0.1, 0.15) is 50.0 Å². The molecular weight excluding hydrogens is 342 g/mol. The zero-order valence-corrected chi connectivity index (χ0v) is 17.4. The van der Waals surface area contributed by atoms with Crippen molar-refractivity contribution in [1.82, 2.24) is 4.98 Å². The molecule has 5 heteroatoms. The van der Waals surface area contributed by atoms with E-state index in [1.807, 2.05) is 18.2 Å². The number of aliphatic hydroxyl groups excluding tert-OH is 1. The molecule has 1 heterocycles. The van der Waals surface area contributed by atoms with Gasteiger partial charge in [-0.05, 0) is 54.2 Å². The van der Waals surface area contributed by atoms with Crippen LogP contribution < -0.4 is 4.74 Å². The monoisotopic (exact) mass is 371 g/mol. The Hall–Kier alpha value is -1.69. The highest BCUT2D eigenvalue weighted by Crippen LogP contribution is 2.45. The fourth-order valence-electron chi connectivity index (χ4n) is 3.01. The van der Waals surface area contributed by atoms with Crippen LogP contribution in [-0.2, 0) is 17.5 Å². The molecule has 0 bridgehead atoms. The van der Waals surface area contributed by atoms with Crippen molar-refractivity contribution in [3.05, 3.63) is 53.2 Å². The highest BCUT2D eigenvalue weighted by atomic mass is 28.4. The molecule has 1 aliphatic rings. The minimum absolute atomic E-state index is 0.0134. The van der Waals surface area contributed by atoms with Crippen LogP contribution in [0.4, 0.5) is 0 Å². The zero-order chi connectivity index (χ0) is 18.9. The van der Waals surface area contributed by atoms with Crippen molar-refractivity contribution >= 4 is 8.32 Å². The average Bonchev–Trinajstić information content (AvgIpc) is 2.98. The Morgan fingerprint density at radius 3 is 2.58 bits per heavy atom. The molecule has 1 unspecified atom stereocenters. The van der Waals surface area contributed by atoms with Gasteiger partial charge in [-0.3, -0.25) is 0 Å². The van der Waals surface area contributed by atoms with Gasteiger partial charge in [0.05, 0.1) is 12.7 Å². The van der Waals surface area contributed by atoms with Gasteiger partial charge >= 0.3 is 0 Å². The van der Waals surface area contributed by atoms with Crippen molar-refractivity contribution in [1.29, 1.82) is 0 Å². The van der Waals surface area contributed by atoms with Gasteiger partial charge < -0.3 is 14.3 Å². The molecule has 3 rings (SSSR count). The lowest BCUT2D eigenvalue weighted by Gasteiger charge is -2.38. The second-order valence-corrected chi connectivity index (χ2v) is 13.3. The fourth-order valence-corrected chi connectivity index (χ4v) is 4.32. The standard InChI is InChI=1S/C21H29NO3Si/c1-21(2,3)26(4,5)25-19-11-10-17-16(19)7-6-8-18(17)24-20-12-9-15(14-23)13-22-20/h6-9,12-13,19,23H,10-11,14H2,1-5H3. The summed E-state index contributed by atoms with van der Waals surface area (Å²) in [6.07, 6.45) is 3.75. The number of rotatable bonds is 5. The summed E-state index contributed by atoms with van der Waals surface area (Å²) in [5, 5.41) is 9.33. The van der Waals surface area contributed by atoms with Crippen molar-refractivity contribution in [2.45, 2.75) is 64.5 Å². The summed E-state index contributed by atoms with van der Waals surface area (Å²) in [5.74, 6) is 1.40. The van der Waals surface area contributed by atoms with E-state index in [0.717, 1.165) is 24.2 Å². The van der Waals surface area contributed by atoms with E-state index in [1.165, 1.54) is 11.1 Å². The van der Waals surface area contributed by atoms with Gasteiger partial charge in [-0.2, -0.15) is 0 Å². The number of pyridine rings is 1. The highest BCUT2D eigenvalue weighted by molar-refractivity contribution is 6.74. The fraction of sp³-hybridized carbons (Fsp3) is 0.476. The largest absolute Gasteiger partial charge is 0.439 e. The Morgan fingerprint density at radius 2 is 1.96 bits per heavy atom. The third-order valence-electron chi connectivity index (χ3n) is 5.61. The van der Waals surface area contributed by atoms with Crippen LogP contribution >= 0.6 is 0 Å². The van der Waals surface area contributed by atoms with E-state index in [0.29, 0.717) is 5.88 Å². The first-order valence-corrected chi connectivity index (χ1v) is 12.2. The zero-order valence-electron chi connectivity index (χ0n) is 16.4. The Balaban J connectivity index is 1.81. The lowest BCUT2D eigenvalue weighted by molar-refractivity contribution is 0.185. The minimum atomic E-state index is -1.82. The van der Waals surface area contributed by atoms with E-state index < -0.39 is 8.32 Å². The Bertz CT molecular complexity index is 766. The summed E-state index contributed by atoms with van der Waals surface area (Å²) in [5.41, 5.74) is 3.25. The molecule has 0 amide bonds. The van der Waals surface area contributed by atoms with Crippen LogP contribution in [-0.4, -0.2) is 18.4 Å². The predicted octanol–water partition coefficient (Wildman–Crippen LogP) is 5.38. The van der Waals surface area contributed by atoms with Gasteiger partial charge in [0.1, 0.15) is 5.75 Å². The maximum Gasteiger partial charge on any atom is 0.219 e. The summed E-state index contributed by atoms with van der Waals surface area (Å²) in [7, 11) is -1.82. The minimum Gasteiger partial charge on any atom is -0.439 e. The molecule has 0 aliphatic heterocycles. The van der Waals surface area contributed by atoms with Crippen LogP contribution in [0.3, 0.4) is 0 Å². The summed E-state index contributed by atoms with van der Waals surface area (Å²) < 4.78 is 12.7. The lowest BCUT2D eigenvalue weighted by atomic mass is 10.1. The summed E-state index contributed by atoms with van der Waals surface area (Å²) >= 11 is 0. The second kappa shape index (κ2) is 7.14. The van der Waals surface area contributed by atoms with Gasteiger partial charge in [-0.15, -0.1) is 0 Å². The molecule has 1 aromatic heterocycles. The highest BCUT2D eigenvalue weighted by Gasteiger charge is 2.41. The van der Waals surface area contributed by atoms with E-state index in [9.17, 15) is 0 Å². The van der Waals surface area contributed by atoms with Crippen molar-refractivity contribution in [3.63, 3.8) is 0 Å². The molecule has 0 radical (unpaired) electrons. The number of aromatic nitrogens is 1. The molecule has 1 N–H and O–H groups in total. The molecule has 4 nitrogen and oxygen atoms in total. The van der Waals surface area contributed by atoms with Gasteiger partial charge in [-0.25, -0.2) is 4.98 Å². The quantitative estimate of drug-likeness (QED) is 0.717. The van der Waals surface area contributed by atoms with E-state index in [1.54, 1.807) is 12.3 Å². The van der Waals surface area contributed by atoms with Gasteiger partial charge in [0, 0.05) is 17.8 Å². The number of ether oxygens (including phenoxy) is 1. The Labute approximate surface area is 157 Å². The van der Waals surface area contributed by atoms with E-state index in [-0.39, 0.29) is 17.7 Å². The average molecular weight is 372 g/mol. The predicted molar refractivity (Wildman–Crippen MR) is 106 cm³/mol. The van der Waals surface area contributed by atoms with Gasteiger partial charge in [0.25, 0.3) is 0 Å². The maximum atomic E-state index is 9.13. The van der Waals surface area contributed by atoms with Crippen LogP contribution in [0.25, 0.3) is 0 Å². The lowest BCUT2D eigenvalue weighted by Crippen LogP contribution is -2.41. The summed E-state index contributed by atoms with van der Waals surface area (Å²) in [6, 6.07) is 9.81. The number of benzene rings is 1. The van der Waals surface area contributed by atoms with E-state index in [4.69, 9.17) is 14.3 Å². The molecule has 0 spiro atoms. The van der Waals surface area contributed by atoms with Crippen molar-refractivity contribution in [2.75, 3.05) is 0 Å². The molecule has 0 saturated carbocycles. The number of fused-ring (bicyclic) bond motifs is 1. The van der Waals surface area contributed by atoms with Crippen LogP contribution in [0.5, 0.6) is 11.6 Å². The third kappa shape index (κ3) is 3.85. The molecule has 2 aromatic rings. The number of aliphatic hydroxyl groups is 1. The first-order valence-electron chi connectivity index (χ1n) is 9.24. The van der Waals surface area contributed by atoms with Crippen molar-refractivity contribution < 1.29 is 14.3 Å². The number of hydrogen-bond acceptors (Lipinski definition) is 4. The first-order chi connectivity index (χ1) is 12.2. The summed E-state index contributed by atoms with van der Waals surface area (Å²) in [4.78, 5) is 4.27. The van der Waals surface area contributed by atoms with Crippen LogP contribution in [0.2, 0.25) is 18.1 Å². The number of nitrogens with zero attached hydrogens (tertiary/aromatic N) is 1. The smallest absolute Gasteiger partial charge is 0.219 e. The SMILES string of the molecule is CC(C)(C)[Si](C)(C)OC1CCc2c(Oc3ccc(CO)cn3)cccc21. The Morgan fingerprint density at radius 1 is 1.19 bits per heavy atom. The normalized spacial score (nSPS) is 17.2. The van der Waals surface area contributed by atoms with Crippen molar-refractivity contribution in [3.8, 4) is 11.6 Å². The molecule has 140 valence electrons. The van der Waals surface area contributed by atoms with Crippen LogP contribution in [0, 0.1) is 0 Å². The molecule has 1 aliphatic carbocycles. The van der Waals surface area contributed by atoms with Crippen molar-refractivity contribution in [2.24, 2.45) is 0 Å². The first kappa shape index (κ1) is 19.1. The van der Waals surface area contributed by atoms with Gasteiger partial charge in [-0.1, -0.05) is 32.9 Å².